The molecule has 0 aromatic heterocycles. The second-order valence-corrected chi connectivity index (χ2v) is 18.0. The molecule has 6 aromatic carbocycles. The highest BCUT2D eigenvalue weighted by Gasteiger charge is 2.38. The van der Waals surface area contributed by atoms with Gasteiger partial charge in [0.2, 0.25) is 0 Å². The lowest BCUT2D eigenvalue weighted by atomic mass is 9.96. The Morgan fingerprint density at radius 3 is 0.667 bits per heavy atom. The molecule has 0 fully saturated rings. The number of rotatable bonds is 13. The van der Waals surface area contributed by atoms with E-state index in [0.29, 0.717) is 0 Å². The average molecular weight is 637 g/mol. The molecule has 0 amide bonds. The Labute approximate surface area is 273 Å². The Morgan fingerprint density at radius 2 is 0.511 bits per heavy atom. The summed E-state index contributed by atoms with van der Waals surface area (Å²) >= 11 is 0. The molecule has 0 unspecified atom stereocenters. The lowest BCUT2D eigenvalue weighted by Gasteiger charge is -2.40. The smallest absolute Gasteiger partial charge is 0.00146 e. The first-order chi connectivity index (χ1) is 22.2. The predicted molar refractivity (Wildman–Crippen MR) is 204 cm³/mol. The Kier molecular flexibility index (Phi) is 10.8. The van der Waals surface area contributed by atoms with Crippen molar-refractivity contribution in [1.29, 1.82) is 0 Å². The van der Waals surface area contributed by atoms with Crippen molar-refractivity contribution in [3.05, 3.63) is 195 Å². The molecule has 3 heteroatoms. The summed E-state index contributed by atoms with van der Waals surface area (Å²) in [5.74, 6) is 0. The van der Waals surface area contributed by atoms with E-state index in [0.717, 1.165) is 18.5 Å². The van der Waals surface area contributed by atoms with Crippen LogP contribution < -0.4 is 31.8 Å². The highest BCUT2D eigenvalue weighted by atomic mass is 31.1. The molecule has 0 aliphatic heterocycles. The first-order valence-electron chi connectivity index (χ1n) is 15.5. The number of hydrogen-bond donors (Lipinski definition) is 0. The largest absolute Gasteiger partial charge is 0.102 e. The molecule has 222 valence electrons. The molecule has 0 heterocycles. The van der Waals surface area contributed by atoms with Crippen molar-refractivity contribution in [1.82, 2.24) is 0 Å². The molecule has 0 N–H and O–H groups in total. The van der Waals surface area contributed by atoms with Gasteiger partial charge in [-0.2, -0.15) is 0 Å². The van der Waals surface area contributed by atoms with E-state index in [4.69, 9.17) is 0 Å². The Balaban J connectivity index is 1.51. The van der Waals surface area contributed by atoms with E-state index in [1.807, 2.05) is 0 Å². The molecule has 0 saturated carbocycles. The van der Waals surface area contributed by atoms with E-state index in [9.17, 15) is 0 Å². The fourth-order valence-electron chi connectivity index (χ4n) is 5.93. The van der Waals surface area contributed by atoms with Crippen LogP contribution in [0.1, 0.15) is 0 Å². The molecular weight excluding hydrogens is 597 g/mol. The number of allylic oxidation sites excluding steroid dienone is 1. The number of hydrogen-bond acceptors (Lipinski definition) is 0. The van der Waals surface area contributed by atoms with Crippen LogP contribution in [0.25, 0.3) is 0 Å². The minimum absolute atomic E-state index is 0.119. The van der Waals surface area contributed by atoms with E-state index in [1.54, 1.807) is 0 Å². The molecule has 0 bridgehead atoms. The van der Waals surface area contributed by atoms with Crippen LogP contribution in [0, 0.1) is 5.41 Å². The third-order valence-corrected chi connectivity index (χ3v) is 16.6. The van der Waals surface area contributed by atoms with Crippen LogP contribution in [-0.2, 0) is 0 Å². The minimum Gasteiger partial charge on any atom is -0.102 e. The monoisotopic (exact) mass is 636 g/mol. The van der Waals surface area contributed by atoms with Gasteiger partial charge in [0, 0.05) is 5.41 Å². The maximum absolute atomic E-state index is 4.69. The van der Waals surface area contributed by atoms with Gasteiger partial charge in [-0.15, -0.1) is 6.58 Å². The van der Waals surface area contributed by atoms with Crippen molar-refractivity contribution in [2.24, 2.45) is 5.41 Å². The van der Waals surface area contributed by atoms with Crippen LogP contribution in [0.4, 0.5) is 0 Å². The summed E-state index contributed by atoms with van der Waals surface area (Å²) in [4.78, 5) is 0. The van der Waals surface area contributed by atoms with Gasteiger partial charge < -0.3 is 0 Å². The molecule has 6 aromatic rings. The van der Waals surface area contributed by atoms with Crippen molar-refractivity contribution in [3.63, 3.8) is 0 Å². The van der Waals surface area contributed by atoms with Crippen LogP contribution in [0.3, 0.4) is 0 Å². The molecule has 0 nitrogen and oxygen atoms in total. The van der Waals surface area contributed by atoms with E-state index < -0.39 is 23.8 Å². The SMILES string of the molecule is C=CC(CP(c1ccccc1)c1ccccc1)(CP(c1ccccc1)c1ccccc1)CP(c1ccccc1)c1ccccc1. The lowest BCUT2D eigenvalue weighted by molar-refractivity contribution is 0.575. The normalized spacial score (nSPS) is 11.6. The van der Waals surface area contributed by atoms with Crippen LogP contribution in [-0.4, -0.2) is 18.5 Å². The van der Waals surface area contributed by atoms with Gasteiger partial charge in [0.25, 0.3) is 0 Å². The molecule has 0 saturated heterocycles. The van der Waals surface area contributed by atoms with Crippen LogP contribution in [0.5, 0.6) is 0 Å². The minimum atomic E-state index is -0.632. The molecule has 0 radical (unpaired) electrons. The summed E-state index contributed by atoms with van der Waals surface area (Å²) in [6, 6.07) is 67.2. The third-order valence-electron chi connectivity index (χ3n) is 8.26. The van der Waals surface area contributed by atoms with Crippen molar-refractivity contribution < 1.29 is 0 Å². The number of benzene rings is 6. The van der Waals surface area contributed by atoms with Gasteiger partial charge in [-0.05, 0) is 74.1 Å². The second-order valence-electron chi connectivity index (χ2n) is 11.3. The molecule has 0 spiro atoms. The standard InChI is InChI=1S/C42H39P3/c1-2-42(33-43(36-21-9-3-10-22-36)37-23-11-4-12-24-37,34-44(38-25-13-5-14-26-38)39-27-15-6-16-28-39)35-45(40-29-17-7-18-30-40)41-31-19-8-20-32-41/h2-32H,1,33-35H2. The Hall–Kier alpha value is -3.65. The fraction of sp³-hybridized carbons (Fsp3) is 0.0952. The summed E-state index contributed by atoms with van der Waals surface area (Å²) in [6.07, 6.45) is 5.52. The van der Waals surface area contributed by atoms with Crippen LogP contribution in [0.15, 0.2) is 195 Å². The van der Waals surface area contributed by atoms with Crippen molar-refractivity contribution >= 4 is 55.6 Å². The summed E-state index contributed by atoms with van der Waals surface area (Å²) in [6.45, 7) is 4.69. The van der Waals surface area contributed by atoms with Gasteiger partial charge in [-0.1, -0.05) is 188 Å². The van der Waals surface area contributed by atoms with Gasteiger partial charge in [0.15, 0.2) is 0 Å². The molecular formula is C42H39P3. The molecule has 0 aliphatic rings. The van der Waals surface area contributed by atoms with Crippen molar-refractivity contribution in [2.75, 3.05) is 18.5 Å². The maximum atomic E-state index is 4.69. The van der Waals surface area contributed by atoms with Crippen molar-refractivity contribution in [2.45, 2.75) is 0 Å². The lowest BCUT2D eigenvalue weighted by Crippen LogP contribution is -2.37. The first-order valence-corrected chi connectivity index (χ1v) is 20.1. The zero-order chi connectivity index (χ0) is 30.7. The molecule has 0 atom stereocenters. The zero-order valence-corrected chi connectivity index (χ0v) is 28.3. The first kappa shape index (κ1) is 31.3. The molecule has 0 aliphatic carbocycles. The summed E-state index contributed by atoms with van der Waals surface area (Å²) in [7, 11) is -1.90. The highest BCUT2D eigenvalue weighted by Crippen LogP contribution is 2.53. The third kappa shape index (κ3) is 7.96. The van der Waals surface area contributed by atoms with Crippen LogP contribution in [0.2, 0.25) is 0 Å². The fourth-order valence-corrected chi connectivity index (χ4v) is 14.6. The summed E-state index contributed by atoms with van der Waals surface area (Å²) in [5.41, 5.74) is -0.119. The van der Waals surface area contributed by atoms with Crippen molar-refractivity contribution in [3.8, 4) is 0 Å². The summed E-state index contributed by atoms with van der Waals surface area (Å²) < 4.78 is 0. The van der Waals surface area contributed by atoms with Gasteiger partial charge in [-0.25, -0.2) is 0 Å². The predicted octanol–water partition coefficient (Wildman–Crippen LogP) is 8.56. The van der Waals surface area contributed by atoms with E-state index in [2.05, 4.69) is 195 Å². The topological polar surface area (TPSA) is 0 Å². The average Bonchev–Trinajstić information content (AvgIpc) is 3.14. The maximum Gasteiger partial charge on any atom is 0.00146 e. The summed E-state index contributed by atoms with van der Waals surface area (Å²) in [5, 5.41) is 8.57. The molecule has 6 rings (SSSR count). The highest BCUT2D eigenvalue weighted by molar-refractivity contribution is 7.75. The van der Waals surface area contributed by atoms with Crippen LogP contribution >= 0.6 is 23.8 Å². The Morgan fingerprint density at radius 1 is 0.333 bits per heavy atom. The van der Waals surface area contributed by atoms with E-state index in [1.165, 1.54) is 31.8 Å². The second kappa shape index (κ2) is 15.6. The van der Waals surface area contributed by atoms with Gasteiger partial charge in [0.1, 0.15) is 0 Å². The molecule has 45 heavy (non-hydrogen) atoms. The van der Waals surface area contributed by atoms with E-state index >= 15 is 0 Å². The van der Waals surface area contributed by atoms with Gasteiger partial charge >= 0.3 is 0 Å². The van der Waals surface area contributed by atoms with Gasteiger partial charge in [-0.3, -0.25) is 0 Å². The van der Waals surface area contributed by atoms with E-state index in [-0.39, 0.29) is 5.41 Å². The van der Waals surface area contributed by atoms with Gasteiger partial charge in [0.05, 0.1) is 0 Å². The zero-order valence-electron chi connectivity index (χ0n) is 25.6. The quantitative estimate of drug-likeness (QED) is 0.0881. The Bertz CT molecular complexity index is 1400.